The fourth-order valence-electron chi connectivity index (χ4n) is 2.17. The predicted molar refractivity (Wildman–Crippen MR) is 72.3 cm³/mol. The van der Waals surface area contributed by atoms with Crippen LogP contribution in [0.1, 0.15) is 28.9 Å². The van der Waals surface area contributed by atoms with Crippen molar-refractivity contribution in [2.24, 2.45) is 0 Å². The monoisotopic (exact) mass is 256 g/mol. The minimum atomic E-state index is 0.00224. The quantitative estimate of drug-likeness (QED) is 0.819. The zero-order valence-electron chi connectivity index (χ0n) is 10.5. The van der Waals surface area contributed by atoms with Gasteiger partial charge in [0.25, 0.3) is 5.91 Å². The summed E-state index contributed by atoms with van der Waals surface area (Å²) in [5, 5.41) is 6.57. The van der Waals surface area contributed by atoms with Gasteiger partial charge in [-0.25, -0.2) is 0 Å². The molecule has 1 heterocycles. The summed E-state index contributed by atoms with van der Waals surface area (Å²) in [6.45, 7) is 0.591. The molecule has 0 spiro atoms. The van der Waals surface area contributed by atoms with Crippen LogP contribution < -0.4 is 5.73 Å². The molecule has 1 aliphatic carbocycles. The molecule has 0 bridgehead atoms. The molecular weight excluding hydrogens is 240 g/mol. The normalized spacial score (nSPS) is 14.3. The van der Waals surface area contributed by atoms with E-state index < -0.39 is 0 Å². The molecule has 1 aromatic heterocycles. The van der Waals surface area contributed by atoms with Crippen LogP contribution in [0.3, 0.4) is 0 Å². The molecule has 0 unspecified atom stereocenters. The second kappa shape index (κ2) is 4.76. The summed E-state index contributed by atoms with van der Waals surface area (Å²) in [7, 11) is 0. The number of benzene rings is 1. The molecule has 19 heavy (non-hydrogen) atoms. The van der Waals surface area contributed by atoms with E-state index in [9.17, 15) is 4.79 Å². The average Bonchev–Trinajstić information content (AvgIpc) is 3.09. The van der Waals surface area contributed by atoms with Gasteiger partial charge in [-0.1, -0.05) is 12.1 Å². The summed E-state index contributed by atoms with van der Waals surface area (Å²) in [6, 6.07) is 9.72. The number of anilines is 1. The molecule has 0 radical (unpaired) electrons. The molecule has 3 N–H and O–H groups in total. The number of amides is 1. The standard InChI is InChI=1S/C14H16N4O/c15-11-3-1-2-10(8-11)9-18(12-4-5-12)14(19)13-6-7-16-17-13/h1-3,6-8,12H,4-5,9,15H2,(H,16,17). The summed E-state index contributed by atoms with van der Waals surface area (Å²) in [6.07, 6.45) is 3.74. The fraction of sp³-hybridized carbons (Fsp3) is 0.286. The van der Waals surface area contributed by atoms with Crippen molar-refractivity contribution in [2.45, 2.75) is 25.4 Å². The van der Waals surface area contributed by atoms with Crippen molar-refractivity contribution in [3.8, 4) is 0 Å². The molecule has 5 nitrogen and oxygen atoms in total. The number of carbonyl (C=O) groups is 1. The number of H-pyrrole nitrogens is 1. The summed E-state index contributed by atoms with van der Waals surface area (Å²) >= 11 is 0. The number of carbonyl (C=O) groups excluding carboxylic acids is 1. The van der Waals surface area contributed by atoms with E-state index in [1.54, 1.807) is 12.3 Å². The molecule has 3 rings (SSSR count). The van der Waals surface area contributed by atoms with E-state index in [-0.39, 0.29) is 5.91 Å². The van der Waals surface area contributed by atoms with Gasteiger partial charge in [0.2, 0.25) is 0 Å². The van der Waals surface area contributed by atoms with E-state index in [1.807, 2.05) is 29.2 Å². The predicted octanol–water partition coefficient (Wildman–Crippen LogP) is 1.80. The van der Waals surface area contributed by atoms with E-state index in [4.69, 9.17) is 5.73 Å². The van der Waals surface area contributed by atoms with Crippen molar-refractivity contribution < 1.29 is 4.79 Å². The molecule has 0 atom stereocenters. The van der Waals surface area contributed by atoms with Crippen LogP contribution in [-0.2, 0) is 6.54 Å². The van der Waals surface area contributed by atoms with E-state index in [0.717, 1.165) is 24.1 Å². The van der Waals surface area contributed by atoms with Gasteiger partial charge in [0.1, 0.15) is 5.69 Å². The van der Waals surface area contributed by atoms with Crippen LogP contribution in [0.25, 0.3) is 0 Å². The second-order valence-corrected chi connectivity index (χ2v) is 4.88. The minimum absolute atomic E-state index is 0.00224. The first-order valence-corrected chi connectivity index (χ1v) is 6.39. The lowest BCUT2D eigenvalue weighted by Gasteiger charge is -2.22. The molecule has 0 aliphatic heterocycles. The molecule has 98 valence electrons. The van der Waals surface area contributed by atoms with Gasteiger partial charge in [-0.2, -0.15) is 5.10 Å². The minimum Gasteiger partial charge on any atom is -0.399 e. The van der Waals surface area contributed by atoms with Crippen LogP contribution in [0.4, 0.5) is 5.69 Å². The topological polar surface area (TPSA) is 75.0 Å². The van der Waals surface area contributed by atoms with Crippen LogP contribution in [0.2, 0.25) is 0 Å². The maximum absolute atomic E-state index is 12.4. The Balaban J connectivity index is 1.80. The molecular formula is C14H16N4O. The smallest absolute Gasteiger partial charge is 0.272 e. The lowest BCUT2D eigenvalue weighted by atomic mass is 10.2. The number of aromatic nitrogens is 2. The first kappa shape index (κ1) is 11.8. The van der Waals surface area contributed by atoms with Crippen molar-refractivity contribution in [1.82, 2.24) is 15.1 Å². The zero-order valence-corrected chi connectivity index (χ0v) is 10.5. The summed E-state index contributed by atoms with van der Waals surface area (Å²) in [4.78, 5) is 14.3. The third-order valence-corrected chi connectivity index (χ3v) is 3.28. The molecule has 5 heteroatoms. The van der Waals surface area contributed by atoms with Crippen LogP contribution in [0, 0.1) is 0 Å². The Bertz CT molecular complexity index is 575. The lowest BCUT2D eigenvalue weighted by Crippen LogP contribution is -2.32. The van der Waals surface area contributed by atoms with E-state index in [2.05, 4.69) is 10.2 Å². The fourth-order valence-corrected chi connectivity index (χ4v) is 2.17. The van der Waals surface area contributed by atoms with Gasteiger partial charge in [-0.3, -0.25) is 9.89 Å². The number of hydrogen-bond donors (Lipinski definition) is 2. The SMILES string of the molecule is Nc1cccc(CN(C(=O)c2ccn[nH]2)C2CC2)c1. The maximum Gasteiger partial charge on any atom is 0.272 e. The van der Waals surface area contributed by atoms with Gasteiger partial charge < -0.3 is 10.6 Å². The summed E-state index contributed by atoms with van der Waals surface area (Å²) in [5.41, 5.74) is 8.09. The lowest BCUT2D eigenvalue weighted by molar-refractivity contribution is 0.0724. The number of nitrogens with one attached hydrogen (secondary N) is 1. The number of aromatic amines is 1. The number of nitrogens with two attached hydrogens (primary N) is 1. The van der Waals surface area contributed by atoms with Gasteiger partial charge in [0.05, 0.1) is 0 Å². The number of hydrogen-bond acceptors (Lipinski definition) is 3. The number of nitrogens with zero attached hydrogens (tertiary/aromatic N) is 2. The Morgan fingerprint density at radius 1 is 1.42 bits per heavy atom. The van der Waals surface area contributed by atoms with E-state index in [1.165, 1.54) is 0 Å². The highest BCUT2D eigenvalue weighted by atomic mass is 16.2. The first-order chi connectivity index (χ1) is 9.24. The number of nitrogen functional groups attached to an aromatic ring is 1. The van der Waals surface area contributed by atoms with Crippen molar-refractivity contribution in [1.29, 1.82) is 0 Å². The Kier molecular flexibility index (Phi) is 2.95. The van der Waals surface area contributed by atoms with Crippen LogP contribution in [0.5, 0.6) is 0 Å². The molecule has 1 fully saturated rings. The van der Waals surface area contributed by atoms with Gasteiger partial charge in [-0.15, -0.1) is 0 Å². The largest absolute Gasteiger partial charge is 0.399 e. The van der Waals surface area contributed by atoms with Crippen molar-refractivity contribution in [2.75, 3.05) is 5.73 Å². The van der Waals surface area contributed by atoms with E-state index >= 15 is 0 Å². The van der Waals surface area contributed by atoms with Crippen molar-refractivity contribution in [3.05, 3.63) is 47.8 Å². The van der Waals surface area contributed by atoms with Crippen LogP contribution in [-0.4, -0.2) is 27.0 Å². The summed E-state index contributed by atoms with van der Waals surface area (Å²) in [5.74, 6) is 0.00224. The first-order valence-electron chi connectivity index (χ1n) is 6.39. The third kappa shape index (κ3) is 2.59. The van der Waals surface area contributed by atoms with Crippen LogP contribution in [0.15, 0.2) is 36.5 Å². The number of rotatable bonds is 4. The average molecular weight is 256 g/mol. The van der Waals surface area contributed by atoms with Crippen molar-refractivity contribution >= 4 is 11.6 Å². The highest BCUT2D eigenvalue weighted by molar-refractivity contribution is 5.92. The van der Waals surface area contributed by atoms with E-state index in [0.29, 0.717) is 18.3 Å². The summed E-state index contributed by atoms with van der Waals surface area (Å²) < 4.78 is 0. The van der Waals surface area contributed by atoms with Crippen LogP contribution >= 0.6 is 0 Å². The zero-order chi connectivity index (χ0) is 13.2. The Morgan fingerprint density at radius 3 is 2.89 bits per heavy atom. The molecule has 0 saturated heterocycles. The van der Waals surface area contributed by atoms with Gasteiger partial charge in [0, 0.05) is 24.5 Å². The molecule has 1 aromatic carbocycles. The highest BCUT2D eigenvalue weighted by Gasteiger charge is 2.33. The van der Waals surface area contributed by atoms with Gasteiger partial charge in [0.15, 0.2) is 0 Å². The molecule has 1 aliphatic rings. The van der Waals surface area contributed by atoms with Gasteiger partial charge in [-0.05, 0) is 36.6 Å². The highest BCUT2D eigenvalue weighted by Crippen LogP contribution is 2.29. The third-order valence-electron chi connectivity index (χ3n) is 3.28. The Morgan fingerprint density at radius 2 is 2.26 bits per heavy atom. The Hall–Kier alpha value is -2.30. The second-order valence-electron chi connectivity index (χ2n) is 4.88. The molecule has 1 amide bonds. The van der Waals surface area contributed by atoms with Gasteiger partial charge >= 0.3 is 0 Å². The Labute approximate surface area is 111 Å². The molecule has 2 aromatic rings. The molecule has 1 saturated carbocycles. The van der Waals surface area contributed by atoms with Crippen molar-refractivity contribution in [3.63, 3.8) is 0 Å². The maximum atomic E-state index is 12.4.